The highest BCUT2D eigenvalue weighted by molar-refractivity contribution is 14.0. The third-order valence-electron chi connectivity index (χ3n) is 5.68. The van der Waals surface area contributed by atoms with E-state index in [0.29, 0.717) is 18.5 Å². The van der Waals surface area contributed by atoms with Crippen molar-refractivity contribution in [3.05, 3.63) is 0 Å². The molecule has 27 heavy (non-hydrogen) atoms. The fourth-order valence-corrected chi connectivity index (χ4v) is 3.82. The first-order valence-electron chi connectivity index (χ1n) is 10.1. The minimum absolute atomic E-state index is 0. The molecule has 154 valence electrons. The van der Waals surface area contributed by atoms with E-state index >= 15 is 0 Å². The SMILES string of the molecule is CN(C)C(=O)CN=C(NCC1CCCCC1)N1CCN(C2CC2)C(=O)C1.I. The first-order valence-corrected chi connectivity index (χ1v) is 10.1. The molecule has 1 saturated heterocycles. The van der Waals surface area contributed by atoms with Crippen molar-refractivity contribution in [3.8, 4) is 0 Å². The number of nitrogens with zero attached hydrogens (tertiary/aromatic N) is 4. The van der Waals surface area contributed by atoms with Gasteiger partial charge in [-0.15, -0.1) is 24.0 Å². The van der Waals surface area contributed by atoms with Gasteiger partial charge in [0.2, 0.25) is 11.8 Å². The fraction of sp³-hybridized carbons (Fsp3) is 0.842. The van der Waals surface area contributed by atoms with E-state index in [1.807, 2.05) is 9.80 Å². The Bertz CT molecular complexity index is 544. The number of rotatable bonds is 5. The number of carbonyl (C=O) groups excluding carboxylic acids is 2. The Morgan fingerprint density at radius 3 is 2.44 bits per heavy atom. The maximum absolute atomic E-state index is 12.5. The van der Waals surface area contributed by atoms with E-state index in [1.165, 1.54) is 32.1 Å². The molecule has 2 saturated carbocycles. The highest BCUT2D eigenvalue weighted by atomic mass is 127. The zero-order valence-corrected chi connectivity index (χ0v) is 19.0. The lowest BCUT2D eigenvalue weighted by molar-refractivity contribution is -0.135. The summed E-state index contributed by atoms with van der Waals surface area (Å²) in [6, 6.07) is 0.468. The van der Waals surface area contributed by atoms with Gasteiger partial charge in [0.15, 0.2) is 5.96 Å². The molecule has 7 nitrogen and oxygen atoms in total. The summed E-state index contributed by atoms with van der Waals surface area (Å²) in [4.78, 5) is 34.5. The van der Waals surface area contributed by atoms with Crippen molar-refractivity contribution < 1.29 is 9.59 Å². The molecule has 3 aliphatic rings. The van der Waals surface area contributed by atoms with Crippen LogP contribution in [0.3, 0.4) is 0 Å². The van der Waals surface area contributed by atoms with Gasteiger partial charge in [-0.25, -0.2) is 4.99 Å². The molecule has 1 N–H and O–H groups in total. The van der Waals surface area contributed by atoms with Gasteiger partial charge in [0.05, 0.1) is 6.54 Å². The molecule has 8 heteroatoms. The maximum atomic E-state index is 12.5. The topological polar surface area (TPSA) is 68.2 Å². The molecule has 0 aromatic rings. The monoisotopic (exact) mass is 491 g/mol. The molecule has 2 aliphatic carbocycles. The Morgan fingerprint density at radius 1 is 1.15 bits per heavy atom. The predicted molar refractivity (Wildman–Crippen MR) is 117 cm³/mol. The van der Waals surface area contributed by atoms with Crippen molar-refractivity contribution >= 4 is 41.8 Å². The van der Waals surface area contributed by atoms with Gasteiger partial charge in [-0.3, -0.25) is 9.59 Å². The van der Waals surface area contributed by atoms with Crippen molar-refractivity contribution in [1.82, 2.24) is 20.0 Å². The molecule has 0 aromatic heterocycles. The summed E-state index contributed by atoms with van der Waals surface area (Å²) in [5.41, 5.74) is 0. The van der Waals surface area contributed by atoms with Crippen LogP contribution in [-0.4, -0.2) is 85.3 Å². The van der Waals surface area contributed by atoms with Crippen molar-refractivity contribution in [2.75, 3.05) is 46.8 Å². The first kappa shape index (κ1) is 22.2. The lowest BCUT2D eigenvalue weighted by atomic mass is 9.89. The molecule has 0 aromatic carbocycles. The molecule has 0 unspecified atom stereocenters. The number of carbonyl (C=O) groups is 2. The van der Waals surface area contributed by atoms with Crippen molar-refractivity contribution in [1.29, 1.82) is 0 Å². The second-order valence-electron chi connectivity index (χ2n) is 8.05. The van der Waals surface area contributed by atoms with E-state index in [9.17, 15) is 9.59 Å². The molecular formula is C19H34IN5O2. The second kappa shape index (κ2) is 10.5. The molecule has 0 radical (unpaired) electrons. The Hall–Kier alpha value is -1.06. The Labute approximate surface area is 179 Å². The number of hydrogen-bond donors (Lipinski definition) is 1. The van der Waals surface area contributed by atoms with Crippen molar-refractivity contribution in [3.63, 3.8) is 0 Å². The van der Waals surface area contributed by atoms with Crippen LogP contribution in [0.5, 0.6) is 0 Å². The van der Waals surface area contributed by atoms with Crippen LogP contribution >= 0.6 is 24.0 Å². The van der Waals surface area contributed by atoms with Crippen LogP contribution in [0, 0.1) is 5.92 Å². The lowest BCUT2D eigenvalue weighted by Gasteiger charge is -2.36. The zero-order valence-electron chi connectivity index (χ0n) is 16.7. The van der Waals surface area contributed by atoms with E-state index < -0.39 is 0 Å². The number of halogens is 1. The van der Waals surface area contributed by atoms with Crippen molar-refractivity contribution in [2.45, 2.75) is 51.0 Å². The first-order chi connectivity index (χ1) is 12.5. The molecule has 3 rings (SSSR count). The maximum Gasteiger partial charge on any atom is 0.243 e. The number of aliphatic imine (C=N–C) groups is 1. The summed E-state index contributed by atoms with van der Waals surface area (Å²) in [7, 11) is 3.48. The molecule has 0 bridgehead atoms. The molecule has 3 fully saturated rings. The largest absolute Gasteiger partial charge is 0.356 e. The van der Waals surface area contributed by atoms with Crippen LogP contribution in [0.25, 0.3) is 0 Å². The summed E-state index contributed by atoms with van der Waals surface area (Å²) in [6.45, 7) is 2.91. The lowest BCUT2D eigenvalue weighted by Crippen LogP contribution is -2.56. The van der Waals surface area contributed by atoms with Crippen molar-refractivity contribution in [2.24, 2.45) is 10.9 Å². The number of hydrogen-bond acceptors (Lipinski definition) is 3. The normalized spacial score (nSPS) is 21.7. The van der Waals surface area contributed by atoms with Crippen LogP contribution in [-0.2, 0) is 9.59 Å². The molecule has 0 atom stereocenters. The second-order valence-corrected chi connectivity index (χ2v) is 8.05. The average Bonchev–Trinajstić information content (AvgIpc) is 3.47. The summed E-state index contributed by atoms with van der Waals surface area (Å²) in [5, 5.41) is 3.47. The summed E-state index contributed by atoms with van der Waals surface area (Å²) >= 11 is 0. The molecular weight excluding hydrogens is 457 g/mol. The van der Waals surface area contributed by atoms with Gasteiger partial charge in [-0.2, -0.15) is 0 Å². The molecule has 2 amide bonds. The minimum atomic E-state index is -0.0232. The molecule has 0 spiro atoms. The number of amides is 2. The van der Waals surface area contributed by atoms with Gasteiger partial charge in [-0.1, -0.05) is 19.3 Å². The quantitative estimate of drug-likeness (QED) is 0.360. The Kier molecular flexibility index (Phi) is 8.62. The standard InChI is InChI=1S/C19H33N5O2.HI/c1-22(2)17(25)13-21-19(20-12-15-6-4-3-5-7-15)23-10-11-24(16-8-9-16)18(26)14-23;/h15-16H,3-14H2,1-2H3,(H,20,21);1H. The summed E-state index contributed by atoms with van der Waals surface area (Å²) in [6.07, 6.45) is 8.74. The van der Waals surface area contributed by atoms with Crippen LogP contribution in [0.1, 0.15) is 44.9 Å². The number of piperazine rings is 1. The van der Waals surface area contributed by atoms with Crippen LogP contribution in [0.4, 0.5) is 0 Å². The third kappa shape index (κ3) is 6.50. The van der Waals surface area contributed by atoms with Crippen LogP contribution < -0.4 is 5.32 Å². The van der Waals surface area contributed by atoms with Gasteiger partial charge in [-0.05, 0) is 31.6 Å². The van der Waals surface area contributed by atoms with E-state index in [0.717, 1.165) is 38.4 Å². The highest BCUT2D eigenvalue weighted by Gasteiger charge is 2.36. The van der Waals surface area contributed by atoms with E-state index in [-0.39, 0.29) is 42.3 Å². The number of likely N-dealkylation sites (N-methyl/N-ethyl adjacent to an activating group) is 1. The highest BCUT2D eigenvalue weighted by Crippen LogP contribution is 2.28. The predicted octanol–water partition coefficient (Wildman–Crippen LogP) is 1.53. The Balaban J connectivity index is 0.00000261. The smallest absolute Gasteiger partial charge is 0.243 e. The number of nitrogens with one attached hydrogen (secondary N) is 1. The van der Waals surface area contributed by atoms with Gasteiger partial charge in [0.25, 0.3) is 0 Å². The number of guanidine groups is 1. The van der Waals surface area contributed by atoms with E-state index in [1.54, 1.807) is 19.0 Å². The Morgan fingerprint density at radius 2 is 1.85 bits per heavy atom. The van der Waals surface area contributed by atoms with Gasteiger partial charge < -0.3 is 20.0 Å². The fourth-order valence-electron chi connectivity index (χ4n) is 3.82. The van der Waals surface area contributed by atoms with Gasteiger partial charge in [0, 0.05) is 39.8 Å². The van der Waals surface area contributed by atoms with Crippen LogP contribution in [0.2, 0.25) is 0 Å². The van der Waals surface area contributed by atoms with Crippen LogP contribution in [0.15, 0.2) is 4.99 Å². The van der Waals surface area contributed by atoms with Gasteiger partial charge in [0.1, 0.15) is 6.54 Å². The third-order valence-corrected chi connectivity index (χ3v) is 5.68. The van der Waals surface area contributed by atoms with Gasteiger partial charge >= 0.3 is 0 Å². The average molecular weight is 491 g/mol. The summed E-state index contributed by atoms with van der Waals surface area (Å²) < 4.78 is 0. The van der Waals surface area contributed by atoms with E-state index in [4.69, 9.17) is 0 Å². The summed E-state index contributed by atoms with van der Waals surface area (Å²) in [5.74, 6) is 1.55. The van der Waals surface area contributed by atoms with E-state index in [2.05, 4.69) is 10.3 Å². The molecule has 1 heterocycles. The zero-order chi connectivity index (χ0) is 18.5. The molecule has 1 aliphatic heterocycles. The minimum Gasteiger partial charge on any atom is -0.356 e.